The van der Waals surface area contributed by atoms with Crippen LogP contribution in [0.15, 0.2) is 58.7 Å². The van der Waals surface area contributed by atoms with Crippen LogP contribution in [0.5, 0.6) is 11.5 Å². The van der Waals surface area contributed by atoms with Crippen molar-refractivity contribution < 1.29 is 65.3 Å². The Hall–Kier alpha value is -4.56. The average molecular weight is 728 g/mol. The zero-order valence-corrected chi connectivity index (χ0v) is 26.0. The number of hydrogen-bond donors (Lipinski definition) is 4. The van der Waals surface area contributed by atoms with Crippen LogP contribution in [0.25, 0.3) is 0 Å². The SMILES string of the molecule is Cc1nn(C)c(N/N=C/c2ccc(O)cc2)c1[N+](=O)[O-].Cc1nn(C)c(N/N=C/c2ccc(O)cc2)c1[N+](=O)[O-].[Cl-].[Cl-].[Pd+2]. The number of benzene rings is 2. The molecule has 0 unspecified atom stereocenters. The van der Waals surface area contributed by atoms with Gasteiger partial charge in [0.25, 0.3) is 0 Å². The Morgan fingerprint density at radius 3 is 1.30 bits per heavy atom. The van der Waals surface area contributed by atoms with E-state index in [9.17, 15) is 20.2 Å². The molecule has 16 nitrogen and oxygen atoms in total. The van der Waals surface area contributed by atoms with Crippen molar-refractivity contribution in [3.63, 3.8) is 0 Å². The van der Waals surface area contributed by atoms with E-state index in [2.05, 4.69) is 31.3 Å². The van der Waals surface area contributed by atoms with Gasteiger partial charge in [-0.05, 0) is 73.5 Å². The Balaban J connectivity index is 0.000000767. The Morgan fingerprint density at radius 2 is 1.02 bits per heavy atom. The second-order valence-electron chi connectivity index (χ2n) is 8.25. The van der Waals surface area contributed by atoms with Crippen LogP contribution < -0.4 is 35.7 Å². The summed E-state index contributed by atoms with van der Waals surface area (Å²) >= 11 is 0. The van der Waals surface area contributed by atoms with Gasteiger partial charge in [-0.3, -0.25) is 31.1 Å². The van der Waals surface area contributed by atoms with Crippen molar-refractivity contribution >= 4 is 35.4 Å². The normalized spacial score (nSPS) is 10.1. The molecule has 0 aliphatic rings. The number of anilines is 2. The zero-order valence-electron chi connectivity index (χ0n) is 23.0. The third kappa shape index (κ3) is 10.3. The minimum absolute atomic E-state index is 0. The second kappa shape index (κ2) is 17.4. The van der Waals surface area contributed by atoms with Gasteiger partial charge in [0.1, 0.15) is 22.9 Å². The first kappa shape index (κ1) is 38.4. The Bertz CT molecular complexity index is 1460. The quantitative estimate of drug-likeness (QED) is 0.0653. The summed E-state index contributed by atoms with van der Waals surface area (Å²) in [5.74, 6) is 0.742. The van der Waals surface area contributed by atoms with Crippen LogP contribution in [0, 0.1) is 34.1 Å². The molecule has 2 heterocycles. The number of hydrazone groups is 2. The van der Waals surface area contributed by atoms with E-state index in [0.717, 1.165) is 11.1 Å². The third-order valence-corrected chi connectivity index (χ3v) is 5.30. The molecule has 0 spiro atoms. The molecule has 0 atom stereocenters. The maximum absolute atomic E-state index is 11.0. The van der Waals surface area contributed by atoms with Crippen molar-refractivity contribution in [3.8, 4) is 11.5 Å². The van der Waals surface area contributed by atoms with Gasteiger partial charge in [0.05, 0.1) is 22.3 Å². The molecule has 0 aliphatic heterocycles. The molecular weight excluding hydrogens is 702 g/mol. The van der Waals surface area contributed by atoms with Gasteiger partial charge in [-0.15, -0.1) is 0 Å². The van der Waals surface area contributed by atoms with Gasteiger partial charge in [-0.25, -0.2) is 9.36 Å². The first-order chi connectivity index (χ1) is 19.0. The van der Waals surface area contributed by atoms with E-state index in [0.29, 0.717) is 11.4 Å². The number of aryl methyl sites for hydroxylation is 4. The maximum atomic E-state index is 11.0. The van der Waals surface area contributed by atoms with Crippen molar-refractivity contribution in [1.82, 2.24) is 19.6 Å². The molecule has 4 rings (SSSR count). The first-order valence-corrected chi connectivity index (χ1v) is 11.5. The summed E-state index contributed by atoms with van der Waals surface area (Å²) in [7, 11) is 3.19. The number of nitro groups is 2. The minimum atomic E-state index is -0.499. The number of halogens is 2. The molecule has 0 bridgehead atoms. The summed E-state index contributed by atoms with van der Waals surface area (Å²) < 4.78 is 2.73. The van der Waals surface area contributed by atoms with Gasteiger partial charge < -0.3 is 35.0 Å². The molecule has 232 valence electrons. The van der Waals surface area contributed by atoms with E-state index >= 15 is 0 Å². The summed E-state index contributed by atoms with van der Waals surface area (Å²) in [6.07, 6.45) is 2.98. The van der Waals surface area contributed by atoms with Crippen molar-refractivity contribution in [3.05, 3.63) is 91.3 Å². The van der Waals surface area contributed by atoms with Crippen LogP contribution in [0.2, 0.25) is 0 Å². The molecule has 0 saturated heterocycles. The number of aromatic hydroxyl groups is 2. The summed E-state index contributed by atoms with van der Waals surface area (Å²) in [5.41, 5.74) is 7.15. The standard InChI is InChI=1S/2C12H13N5O3.2ClH.Pd/c2*1-8-11(17(19)20)12(16(2)15-8)14-13-7-9-3-5-10(18)6-4-9;;;/h2*3-7,14,18H,1-2H3;2*1H;/q;;;;+2/p-2/b2*13-7+;;;. The van der Waals surface area contributed by atoms with E-state index in [-0.39, 0.29) is 79.7 Å². The van der Waals surface area contributed by atoms with Gasteiger partial charge in [-0.2, -0.15) is 20.4 Å². The molecule has 4 aromatic rings. The van der Waals surface area contributed by atoms with Gasteiger partial charge in [0.2, 0.25) is 11.6 Å². The molecule has 0 amide bonds. The Labute approximate surface area is 271 Å². The van der Waals surface area contributed by atoms with Crippen LogP contribution in [-0.2, 0) is 34.5 Å². The smallest absolute Gasteiger partial charge is 1.00 e. The molecule has 0 radical (unpaired) electrons. The number of phenols is 2. The van der Waals surface area contributed by atoms with Crippen LogP contribution in [0.4, 0.5) is 23.0 Å². The third-order valence-electron chi connectivity index (χ3n) is 5.30. The maximum Gasteiger partial charge on any atom is 2.00 e. The fourth-order valence-electron chi connectivity index (χ4n) is 3.44. The Morgan fingerprint density at radius 1 is 0.721 bits per heavy atom. The minimum Gasteiger partial charge on any atom is -1.00 e. The van der Waals surface area contributed by atoms with E-state index in [1.807, 2.05) is 0 Å². The van der Waals surface area contributed by atoms with E-state index in [4.69, 9.17) is 10.2 Å². The number of rotatable bonds is 8. The van der Waals surface area contributed by atoms with Gasteiger partial charge >= 0.3 is 31.8 Å². The summed E-state index contributed by atoms with van der Waals surface area (Å²) in [6, 6.07) is 12.8. The molecule has 0 fully saturated rings. The van der Waals surface area contributed by atoms with E-state index in [1.165, 1.54) is 46.1 Å². The second-order valence-corrected chi connectivity index (χ2v) is 8.25. The number of nitrogens with zero attached hydrogens (tertiary/aromatic N) is 8. The number of aromatic nitrogens is 4. The molecule has 19 heteroatoms. The van der Waals surface area contributed by atoms with Crippen molar-refractivity contribution in [1.29, 1.82) is 0 Å². The van der Waals surface area contributed by atoms with Gasteiger partial charge in [-0.1, -0.05) is 0 Å². The molecule has 0 aliphatic carbocycles. The first-order valence-electron chi connectivity index (χ1n) is 11.5. The monoisotopic (exact) mass is 726 g/mol. The summed E-state index contributed by atoms with van der Waals surface area (Å²) in [6.45, 7) is 3.13. The summed E-state index contributed by atoms with van der Waals surface area (Å²) in [5, 5.41) is 56.0. The molecule has 0 saturated carbocycles. The summed E-state index contributed by atoms with van der Waals surface area (Å²) in [4.78, 5) is 20.9. The molecule has 2 aromatic carbocycles. The average Bonchev–Trinajstić information content (AvgIpc) is 3.34. The predicted octanol–water partition coefficient (Wildman–Crippen LogP) is -2.42. The van der Waals surface area contributed by atoms with E-state index < -0.39 is 9.85 Å². The fourth-order valence-corrected chi connectivity index (χ4v) is 3.44. The van der Waals surface area contributed by atoms with Crippen LogP contribution in [0.3, 0.4) is 0 Å². The van der Waals surface area contributed by atoms with Crippen molar-refractivity contribution in [2.24, 2.45) is 24.3 Å². The largest absolute Gasteiger partial charge is 2.00 e. The zero-order chi connectivity index (χ0) is 29.4. The number of phenolic OH excluding ortho intramolecular Hbond substituents is 2. The molecule has 43 heavy (non-hydrogen) atoms. The van der Waals surface area contributed by atoms with Gasteiger partial charge in [0, 0.05) is 14.1 Å². The van der Waals surface area contributed by atoms with Crippen LogP contribution in [0.1, 0.15) is 22.5 Å². The Kier molecular flexibility index (Phi) is 15.6. The van der Waals surface area contributed by atoms with Crippen molar-refractivity contribution in [2.75, 3.05) is 10.9 Å². The number of nitrogens with one attached hydrogen (secondary N) is 2. The predicted molar refractivity (Wildman–Crippen MR) is 148 cm³/mol. The number of hydrogen-bond acceptors (Lipinski definition) is 12. The van der Waals surface area contributed by atoms with E-state index in [1.54, 1.807) is 52.2 Å². The van der Waals surface area contributed by atoms with Gasteiger partial charge in [0.15, 0.2) is 0 Å². The van der Waals surface area contributed by atoms with Crippen molar-refractivity contribution in [2.45, 2.75) is 13.8 Å². The topological polar surface area (TPSA) is 211 Å². The van der Waals surface area contributed by atoms with Crippen LogP contribution in [-0.4, -0.2) is 52.0 Å². The molecule has 4 N–H and O–H groups in total. The van der Waals surface area contributed by atoms with Crippen LogP contribution >= 0.6 is 0 Å². The fraction of sp³-hybridized carbons (Fsp3) is 0.167. The molecule has 2 aromatic heterocycles. The molecular formula is C24H26Cl2N10O6Pd.